The highest BCUT2D eigenvalue weighted by Gasteiger charge is 2.27. The fraction of sp³-hybridized carbons (Fsp3) is 0. The maximum atomic E-state index is 11.3. The minimum absolute atomic E-state index is 0.0279. The van der Waals surface area contributed by atoms with Crippen molar-refractivity contribution in [2.45, 2.75) is 0 Å². The average molecular weight is 240 g/mol. The molecule has 0 spiro atoms. The number of aromatic nitrogens is 1. The highest BCUT2D eigenvalue weighted by atomic mass is 31.2. The number of carbonyl (C=O) groups is 1. The van der Waals surface area contributed by atoms with Crippen LogP contribution in [0.1, 0.15) is 10.4 Å². The third-order valence-electron chi connectivity index (χ3n) is 2.15. The number of rotatable bonds is 2. The fourth-order valence-electron chi connectivity index (χ4n) is 1.46. The van der Waals surface area contributed by atoms with E-state index in [9.17, 15) is 9.36 Å². The molecule has 0 radical (unpaired) electrons. The highest BCUT2D eigenvalue weighted by Crippen LogP contribution is 2.39. The second-order valence-corrected chi connectivity index (χ2v) is 4.87. The Bertz CT molecular complexity index is 613. The summed E-state index contributed by atoms with van der Waals surface area (Å²) in [4.78, 5) is 31.6. The molecule has 1 heterocycles. The van der Waals surface area contributed by atoms with Gasteiger partial charge in [-0.1, -0.05) is 0 Å². The van der Waals surface area contributed by atoms with Gasteiger partial charge in [-0.25, -0.2) is 0 Å². The number of hydrogen-bond acceptors (Lipinski definition) is 3. The fourth-order valence-corrected chi connectivity index (χ4v) is 1.93. The third-order valence-corrected chi connectivity index (χ3v) is 2.94. The predicted octanol–water partition coefficient (Wildman–Crippen LogP) is 1.07. The molecule has 0 aliphatic rings. The van der Waals surface area contributed by atoms with Gasteiger partial charge in [0, 0.05) is 16.5 Å². The van der Waals surface area contributed by atoms with Crippen LogP contribution < -0.4 is 5.73 Å². The molecular weight excluding hydrogens is 231 g/mol. The Hall–Kier alpha value is -1.62. The van der Waals surface area contributed by atoms with Gasteiger partial charge in [-0.2, -0.15) is 0 Å². The first-order chi connectivity index (χ1) is 7.38. The second kappa shape index (κ2) is 3.45. The van der Waals surface area contributed by atoms with E-state index in [0.29, 0.717) is 16.7 Å². The Labute approximate surface area is 90.2 Å². The number of hydrogen-bond donors (Lipinski definition) is 4. The van der Waals surface area contributed by atoms with Crippen molar-refractivity contribution in [2.24, 2.45) is 0 Å². The molecule has 84 valence electrons. The van der Waals surface area contributed by atoms with E-state index in [1.165, 1.54) is 12.1 Å². The summed E-state index contributed by atoms with van der Waals surface area (Å²) in [6.07, 6.45) is 0. The van der Waals surface area contributed by atoms with Gasteiger partial charge in [-0.3, -0.25) is 9.36 Å². The van der Waals surface area contributed by atoms with Crippen molar-refractivity contribution in [3.63, 3.8) is 0 Å². The van der Waals surface area contributed by atoms with Crippen LogP contribution in [0.25, 0.3) is 10.9 Å². The molecule has 7 heteroatoms. The van der Waals surface area contributed by atoms with E-state index >= 15 is 0 Å². The van der Waals surface area contributed by atoms with Gasteiger partial charge >= 0.3 is 7.60 Å². The number of aromatic amines is 1. The number of fused-ring (bicyclic) bond motifs is 1. The standard InChI is InChI=1S/C9H9N2O4P/c10-8-4-6-3-5(1-2-7(6)11-8)9(12)16(13,14)15/h1-4,11H,10H2,(H2,13,14,15). The molecule has 0 aliphatic carbocycles. The number of nitrogen functional groups attached to an aromatic ring is 1. The number of nitrogens with one attached hydrogen (secondary N) is 1. The van der Waals surface area contributed by atoms with Gasteiger partial charge in [0.2, 0.25) is 0 Å². The summed E-state index contributed by atoms with van der Waals surface area (Å²) in [5, 5.41) is 0.636. The van der Waals surface area contributed by atoms with E-state index in [4.69, 9.17) is 15.5 Å². The van der Waals surface area contributed by atoms with Crippen LogP contribution in [-0.4, -0.2) is 20.3 Å². The molecule has 0 aliphatic heterocycles. The minimum atomic E-state index is -4.73. The van der Waals surface area contributed by atoms with Gasteiger partial charge in [-0.05, 0) is 24.3 Å². The SMILES string of the molecule is Nc1cc2cc(C(=O)P(=O)(O)O)ccc2[nH]1. The van der Waals surface area contributed by atoms with E-state index in [0.717, 1.165) is 0 Å². The van der Waals surface area contributed by atoms with Crippen LogP contribution >= 0.6 is 7.60 Å². The van der Waals surface area contributed by atoms with E-state index in [2.05, 4.69) is 4.98 Å². The zero-order valence-corrected chi connectivity index (χ0v) is 8.94. The summed E-state index contributed by atoms with van der Waals surface area (Å²) in [5.41, 5.74) is 5.00. The monoisotopic (exact) mass is 240 g/mol. The first-order valence-corrected chi connectivity index (χ1v) is 5.98. The Morgan fingerprint density at radius 3 is 2.62 bits per heavy atom. The van der Waals surface area contributed by atoms with Gasteiger partial charge in [0.05, 0.1) is 0 Å². The van der Waals surface area contributed by atoms with Crippen molar-refractivity contribution >= 4 is 29.8 Å². The van der Waals surface area contributed by atoms with Crippen LogP contribution in [0.3, 0.4) is 0 Å². The number of H-pyrrole nitrogens is 1. The van der Waals surface area contributed by atoms with Crippen molar-refractivity contribution in [3.05, 3.63) is 29.8 Å². The smallest absolute Gasteiger partial charge is 0.385 e. The zero-order valence-electron chi connectivity index (χ0n) is 8.04. The van der Waals surface area contributed by atoms with E-state index in [-0.39, 0.29) is 5.56 Å². The summed E-state index contributed by atoms with van der Waals surface area (Å²) < 4.78 is 10.8. The number of nitrogens with two attached hydrogens (primary N) is 1. The molecule has 0 saturated heterocycles. The van der Waals surface area contributed by atoms with Crippen molar-refractivity contribution in [3.8, 4) is 0 Å². The molecule has 0 amide bonds. The van der Waals surface area contributed by atoms with Crippen molar-refractivity contribution in [1.82, 2.24) is 4.98 Å². The quantitative estimate of drug-likeness (QED) is 0.586. The normalized spacial score (nSPS) is 11.9. The number of anilines is 1. The third kappa shape index (κ3) is 1.86. The minimum Gasteiger partial charge on any atom is -0.385 e. The Kier molecular flexibility index (Phi) is 2.35. The van der Waals surface area contributed by atoms with Gasteiger partial charge in [0.1, 0.15) is 5.82 Å². The lowest BCUT2D eigenvalue weighted by Gasteiger charge is -2.02. The summed E-state index contributed by atoms with van der Waals surface area (Å²) >= 11 is 0. The summed E-state index contributed by atoms with van der Waals surface area (Å²) in [6, 6.07) is 5.88. The van der Waals surface area contributed by atoms with Gasteiger partial charge in [0.25, 0.3) is 5.52 Å². The molecule has 0 unspecified atom stereocenters. The van der Waals surface area contributed by atoms with Gasteiger partial charge < -0.3 is 20.5 Å². The van der Waals surface area contributed by atoms with Gasteiger partial charge in [0.15, 0.2) is 0 Å². The molecule has 1 aromatic carbocycles. The first-order valence-electron chi connectivity index (χ1n) is 4.36. The molecule has 6 nitrogen and oxygen atoms in total. The summed E-state index contributed by atoms with van der Waals surface area (Å²) in [7, 11) is -4.73. The molecule has 16 heavy (non-hydrogen) atoms. The molecular formula is C9H9N2O4P. The van der Waals surface area contributed by atoms with Crippen molar-refractivity contribution in [2.75, 3.05) is 5.73 Å². The average Bonchev–Trinajstić information content (AvgIpc) is 2.54. The molecule has 0 saturated carbocycles. The second-order valence-electron chi connectivity index (χ2n) is 3.38. The molecule has 0 fully saturated rings. The zero-order chi connectivity index (χ0) is 11.9. The summed E-state index contributed by atoms with van der Waals surface area (Å²) in [5.74, 6) is 0.427. The van der Waals surface area contributed by atoms with Crippen LogP contribution in [-0.2, 0) is 4.57 Å². The van der Waals surface area contributed by atoms with Crippen LogP contribution in [0.2, 0.25) is 0 Å². The summed E-state index contributed by atoms with van der Waals surface area (Å²) in [6.45, 7) is 0. The van der Waals surface area contributed by atoms with Crippen LogP contribution in [0, 0.1) is 0 Å². The maximum absolute atomic E-state index is 11.3. The molecule has 0 bridgehead atoms. The van der Waals surface area contributed by atoms with Gasteiger partial charge in [-0.15, -0.1) is 0 Å². The van der Waals surface area contributed by atoms with Crippen LogP contribution in [0.15, 0.2) is 24.3 Å². The lowest BCUT2D eigenvalue weighted by atomic mass is 10.2. The number of benzene rings is 1. The predicted molar refractivity (Wildman–Crippen MR) is 59.1 cm³/mol. The Balaban J connectivity index is 2.55. The van der Waals surface area contributed by atoms with E-state index < -0.39 is 13.1 Å². The van der Waals surface area contributed by atoms with Crippen LogP contribution in [0.4, 0.5) is 5.82 Å². The lowest BCUT2D eigenvalue weighted by molar-refractivity contribution is 0.104. The van der Waals surface area contributed by atoms with Crippen molar-refractivity contribution in [1.29, 1.82) is 0 Å². The number of carbonyl (C=O) groups excluding carboxylic acids is 1. The molecule has 0 atom stereocenters. The first kappa shape index (κ1) is 10.9. The topological polar surface area (TPSA) is 116 Å². The molecule has 2 rings (SSSR count). The molecule has 2 aromatic rings. The molecule has 1 aromatic heterocycles. The Morgan fingerprint density at radius 1 is 1.31 bits per heavy atom. The molecule has 5 N–H and O–H groups in total. The van der Waals surface area contributed by atoms with E-state index in [1.807, 2.05) is 0 Å². The Morgan fingerprint density at radius 2 is 2.00 bits per heavy atom. The highest BCUT2D eigenvalue weighted by molar-refractivity contribution is 7.70. The van der Waals surface area contributed by atoms with Crippen LogP contribution in [0.5, 0.6) is 0 Å². The maximum Gasteiger partial charge on any atom is 0.396 e. The van der Waals surface area contributed by atoms with Crippen molar-refractivity contribution < 1.29 is 19.1 Å². The largest absolute Gasteiger partial charge is 0.396 e. The van der Waals surface area contributed by atoms with E-state index in [1.54, 1.807) is 12.1 Å². The lowest BCUT2D eigenvalue weighted by Crippen LogP contribution is -1.99.